The van der Waals surface area contributed by atoms with Gasteiger partial charge in [-0.3, -0.25) is 0 Å². The van der Waals surface area contributed by atoms with Crippen LogP contribution < -0.4 is 65.2 Å². The van der Waals surface area contributed by atoms with Gasteiger partial charge in [0.1, 0.15) is 0 Å². The summed E-state index contributed by atoms with van der Waals surface area (Å²) in [5, 5.41) is 0. The summed E-state index contributed by atoms with van der Waals surface area (Å²) in [6.07, 6.45) is 0. The standard InChI is InChI=1S/2Na.3H2O.3O.Pb/h;;3*1H2;;;;/q2*+1;;;;;2*-1;. The molecule has 0 radical (unpaired) electrons. The van der Waals surface area contributed by atoms with Crippen molar-refractivity contribution in [3.63, 3.8) is 0 Å². The van der Waals surface area contributed by atoms with E-state index >= 15 is 0 Å². The minimum absolute atomic E-state index is 0. The first-order chi connectivity index (χ1) is 1.73. The van der Waals surface area contributed by atoms with E-state index in [0.29, 0.717) is 0 Å². The quantitative estimate of drug-likeness (QED) is 0.396. The maximum atomic E-state index is 8.63. The van der Waals surface area contributed by atoms with E-state index in [1.165, 1.54) is 0 Å². The predicted octanol–water partition coefficient (Wildman–Crippen LogP) is -11.3. The van der Waals surface area contributed by atoms with Gasteiger partial charge < -0.3 is 16.4 Å². The molecule has 0 aliphatic rings. The van der Waals surface area contributed by atoms with E-state index in [-0.39, 0.29) is 75.5 Å². The number of rotatable bonds is 0. The van der Waals surface area contributed by atoms with Gasteiger partial charge in [-0.25, -0.2) is 0 Å². The van der Waals surface area contributed by atoms with Crippen molar-refractivity contribution < 1.29 is 84.3 Å². The monoisotopic (exact) mass is 356 g/mol. The Morgan fingerprint density at radius 2 is 0.889 bits per heavy atom. The Labute approximate surface area is 106 Å². The zero-order valence-corrected chi connectivity index (χ0v) is 13.1. The van der Waals surface area contributed by atoms with Gasteiger partial charge in [0.25, 0.3) is 0 Å². The van der Waals surface area contributed by atoms with Crippen molar-refractivity contribution in [3.8, 4) is 0 Å². The summed E-state index contributed by atoms with van der Waals surface area (Å²) in [5.74, 6) is 0. The fourth-order valence-electron chi connectivity index (χ4n) is 0. The first-order valence-electron chi connectivity index (χ1n) is 0.612. The van der Waals surface area contributed by atoms with Crippen molar-refractivity contribution in [1.29, 1.82) is 0 Å². The molecule has 0 bridgehead atoms. The van der Waals surface area contributed by atoms with E-state index in [1.807, 2.05) is 0 Å². The van der Waals surface area contributed by atoms with Gasteiger partial charge in [-0.2, -0.15) is 0 Å². The van der Waals surface area contributed by atoms with E-state index < -0.39 is 23.6 Å². The molecule has 9 heavy (non-hydrogen) atoms. The summed E-state index contributed by atoms with van der Waals surface area (Å²) < 4.78 is 25.9. The van der Waals surface area contributed by atoms with E-state index in [0.717, 1.165) is 0 Å². The second-order valence-corrected chi connectivity index (χ2v) is 2.19. The van der Waals surface area contributed by atoms with Crippen LogP contribution in [0, 0.1) is 0 Å². The molecule has 0 fully saturated rings. The summed E-state index contributed by atoms with van der Waals surface area (Å²) in [6.45, 7) is 0. The van der Waals surface area contributed by atoms with Crippen LogP contribution in [-0.2, 0) is 2.69 Å². The minimum atomic E-state index is -4.41. The van der Waals surface area contributed by atoms with Gasteiger partial charge in [-0.05, 0) is 0 Å². The Kier molecular flexibility index (Phi) is 145. The SMILES string of the molecule is O.O.O.[Na+].[Na+].[O]=[Pb]([O-])[O-]. The summed E-state index contributed by atoms with van der Waals surface area (Å²) in [7, 11) is 0. The molecule has 9 heteroatoms. The van der Waals surface area contributed by atoms with Crippen LogP contribution in [0.1, 0.15) is 0 Å². The summed E-state index contributed by atoms with van der Waals surface area (Å²) in [5.41, 5.74) is 0. The van der Waals surface area contributed by atoms with Gasteiger partial charge in [0, 0.05) is 0 Å². The number of hydrogen-bond donors (Lipinski definition) is 0. The third kappa shape index (κ3) is 120. The van der Waals surface area contributed by atoms with Gasteiger partial charge in [-0.1, -0.05) is 0 Å². The zero-order valence-electron chi connectivity index (χ0n) is 5.22. The third-order valence-corrected chi connectivity index (χ3v) is 0. The summed E-state index contributed by atoms with van der Waals surface area (Å²) in [4.78, 5) is 0. The normalized spacial score (nSPS) is 2.89. The molecule has 48 valence electrons. The van der Waals surface area contributed by atoms with Crippen molar-refractivity contribution in [2.75, 3.05) is 0 Å². The molecule has 0 spiro atoms. The van der Waals surface area contributed by atoms with Crippen LogP contribution in [0.15, 0.2) is 0 Å². The van der Waals surface area contributed by atoms with Gasteiger partial charge in [0.15, 0.2) is 0 Å². The van der Waals surface area contributed by atoms with Crippen molar-refractivity contribution in [3.05, 3.63) is 0 Å². The van der Waals surface area contributed by atoms with Gasteiger partial charge >= 0.3 is 91.5 Å². The Hall–Kier alpha value is 2.52. The molecular formula is H6Na2O6Pb. The van der Waals surface area contributed by atoms with Crippen molar-refractivity contribution in [1.82, 2.24) is 0 Å². The fourth-order valence-corrected chi connectivity index (χ4v) is 0. The molecule has 0 aromatic carbocycles. The summed E-state index contributed by atoms with van der Waals surface area (Å²) in [6, 6.07) is 0. The maximum absolute atomic E-state index is 8.63. The average molecular weight is 355 g/mol. The molecule has 0 saturated carbocycles. The molecule has 0 rings (SSSR count). The summed E-state index contributed by atoms with van der Waals surface area (Å²) >= 11 is -4.41. The van der Waals surface area contributed by atoms with Crippen LogP contribution in [0.2, 0.25) is 0 Å². The van der Waals surface area contributed by atoms with Gasteiger partial charge in [-0.15, -0.1) is 0 Å². The van der Waals surface area contributed by atoms with E-state index in [9.17, 15) is 0 Å². The fraction of sp³-hybridized carbons (Fsp3) is 0. The molecule has 0 unspecified atom stereocenters. The molecule has 0 aromatic rings. The van der Waals surface area contributed by atoms with Crippen LogP contribution >= 0.6 is 0 Å². The van der Waals surface area contributed by atoms with Crippen LogP contribution in [-0.4, -0.2) is 40.1 Å². The first kappa shape index (κ1) is 41.8. The second kappa shape index (κ2) is 31.3. The molecule has 6 N–H and O–H groups in total. The molecule has 0 aromatic heterocycles. The van der Waals surface area contributed by atoms with Crippen molar-refractivity contribution in [2.45, 2.75) is 0 Å². The number of hydrogen-bond acceptors (Lipinski definition) is 3. The van der Waals surface area contributed by atoms with Gasteiger partial charge in [0.2, 0.25) is 0 Å². The molecule has 0 saturated heterocycles. The molecular weight excluding hydrogens is 349 g/mol. The topological polar surface area (TPSA) is 158 Å². The molecule has 0 heterocycles. The molecule has 0 aliphatic carbocycles. The Bertz CT molecular complexity index is 34.0. The predicted molar refractivity (Wildman–Crippen MR) is 17.3 cm³/mol. The average Bonchev–Trinajstić information content (AvgIpc) is 0.811. The van der Waals surface area contributed by atoms with E-state index in [2.05, 4.69) is 0 Å². The molecule has 0 aliphatic heterocycles. The molecule has 0 amide bonds. The van der Waals surface area contributed by atoms with E-state index in [1.54, 1.807) is 0 Å². The Balaban J connectivity index is -0.00000000450. The van der Waals surface area contributed by atoms with E-state index in [4.69, 9.17) is 8.80 Å². The van der Waals surface area contributed by atoms with Crippen LogP contribution in [0.25, 0.3) is 0 Å². The van der Waals surface area contributed by atoms with Crippen LogP contribution in [0.5, 0.6) is 0 Å². The Morgan fingerprint density at radius 3 is 0.889 bits per heavy atom. The van der Waals surface area contributed by atoms with Crippen LogP contribution in [0.4, 0.5) is 0 Å². The molecule has 0 atom stereocenters. The molecule has 6 nitrogen and oxygen atoms in total. The van der Waals surface area contributed by atoms with Gasteiger partial charge in [0.05, 0.1) is 0 Å². The zero-order chi connectivity index (χ0) is 3.58. The van der Waals surface area contributed by atoms with Crippen molar-refractivity contribution in [2.24, 2.45) is 0 Å². The second-order valence-electron chi connectivity index (χ2n) is 0.250. The van der Waals surface area contributed by atoms with Crippen LogP contribution in [0.3, 0.4) is 0 Å². The first-order valence-corrected chi connectivity index (χ1v) is 5.37. The third-order valence-electron chi connectivity index (χ3n) is 0. The van der Waals surface area contributed by atoms with Crippen molar-refractivity contribution >= 4 is 23.6 Å². The Morgan fingerprint density at radius 1 is 0.889 bits per heavy atom.